The van der Waals surface area contributed by atoms with E-state index in [-0.39, 0.29) is 6.03 Å². The Morgan fingerprint density at radius 3 is 2.31 bits per heavy atom. The maximum Gasteiger partial charge on any atom is 0.323 e. The molecule has 0 aliphatic carbocycles. The maximum atomic E-state index is 12.2. The first-order valence-electron chi connectivity index (χ1n) is 8.92. The van der Waals surface area contributed by atoms with Gasteiger partial charge in [0.1, 0.15) is 0 Å². The predicted octanol–water partition coefficient (Wildman–Crippen LogP) is 4.26. The molecule has 0 spiro atoms. The van der Waals surface area contributed by atoms with Crippen molar-refractivity contribution in [2.24, 2.45) is 0 Å². The third-order valence-electron chi connectivity index (χ3n) is 4.54. The van der Waals surface area contributed by atoms with Gasteiger partial charge in [-0.25, -0.2) is 14.8 Å². The Balaban J connectivity index is 1.39. The number of nitrogens with zero attached hydrogens (tertiary/aromatic N) is 3. The number of amides is 2. The van der Waals surface area contributed by atoms with Gasteiger partial charge in [-0.2, -0.15) is 0 Å². The van der Waals surface area contributed by atoms with E-state index >= 15 is 0 Å². The van der Waals surface area contributed by atoms with Gasteiger partial charge < -0.3 is 15.5 Å². The lowest BCUT2D eigenvalue weighted by molar-refractivity contribution is 0.262. The smallest absolute Gasteiger partial charge is 0.323 e. The van der Waals surface area contributed by atoms with Crippen molar-refractivity contribution in [1.29, 1.82) is 0 Å². The maximum absolute atomic E-state index is 12.2. The van der Waals surface area contributed by atoms with Gasteiger partial charge in [-0.15, -0.1) is 0 Å². The van der Waals surface area contributed by atoms with Crippen molar-refractivity contribution >= 4 is 34.1 Å². The monoisotopic (exact) mass is 347 g/mol. The second-order valence-corrected chi connectivity index (χ2v) is 6.46. The molecule has 1 fully saturated rings. The summed E-state index contributed by atoms with van der Waals surface area (Å²) in [7, 11) is 0. The Labute approximate surface area is 152 Å². The number of nitrogens with one attached hydrogen (secondary N) is 2. The van der Waals surface area contributed by atoms with Crippen LogP contribution in [-0.4, -0.2) is 29.1 Å². The minimum atomic E-state index is -0.311. The highest BCUT2D eigenvalue weighted by molar-refractivity contribution is 6.01. The number of benzene rings is 2. The van der Waals surface area contributed by atoms with Crippen LogP contribution >= 0.6 is 0 Å². The van der Waals surface area contributed by atoms with Gasteiger partial charge in [0, 0.05) is 18.8 Å². The van der Waals surface area contributed by atoms with Crippen molar-refractivity contribution in [1.82, 2.24) is 9.97 Å². The van der Waals surface area contributed by atoms with Crippen LogP contribution in [0.2, 0.25) is 0 Å². The average Bonchev–Trinajstić information content (AvgIpc) is 2.69. The summed E-state index contributed by atoms with van der Waals surface area (Å²) < 4.78 is 0. The summed E-state index contributed by atoms with van der Waals surface area (Å²) >= 11 is 0. The van der Waals surface area contributed by atoms with Crippen LogP contribution in [0.5, 0.6) is 0 Å². The molecule has 0 atom stereocenters. The number of carbonyl (C=O) groups excluding carboxylic acids is 1. The number of carbonyl (C=O) groups is 1. The molecule has 6 heteroatoms. The molecule has 1 aliphatic heterocycles. The molecule has 4 rings (SSSR count). The zero-order valence-electron chi connectivity index (χ0n) is 14.5. The third kappa shape index (κ3) is 3.74. The predicted molar refractivity (Wildman–Crippen MR) is 105 cm³/mol. The minimum Gasteiger partial charge on any atom is -0.341 e. The van der Waals surface area contributed by atoms with Crippen molar-refractivity contribution in [3.8, 4) is 0 Å². The summed E-state index contributed by atoms with van der Waals surface area (Å²) in [5, 5.41) is 7.84. The Bertz CT molecular complexity index is 903. The van der Waals surface area contributed by atoms with E-state index in [1.54, 1.807) is 12.4 Å². The molecule has 6 nitrogen and oxygen atoms in total. The van der Waals surface area contributed by atoms with E-state index in [2.05, 4.69) is 25.5 Å². The van der Waals surface area contributed by atoms with Crippen LogP contribution in [0, 0.1) is 0 Å². The molecule has 1 aromatic heterocycles. The lowest BCUT2D eigenvalue weighted by Crippen LogP contribution is -2.31. The first-order chi connectivity index (χ1) is 12.8. The molecule has 26 heavy (non-hydrogen) atoms. The summed E-state index contributed by atoms with van der Waals surface area (Å²) in [4.78, 5) is 23.2. The van der Waals surface area contributed by atoms with Gasteiger partial charge in [0.15, 0.2) is 0 Å². The van der Waals surface area contributed by atoms with E-state index in [9.17, 15) is 4.79 Å². The number of piperidine rings is 1. The van der Waals surface area contributed by atoms with E-state index in [0.717, 1.165) is 35.5 Å². The first kappa shape index (κ1) is 16.3. The van der Waals surface area contributed by atoms with Gasteiger partial charge in [0.2, 0.25) is 5.95 Å². The zero-order valence-corrected chi connectivity index (χ0v) is 14.5. The minimum absolute atomic E-state index is 0.311. The van der Waals surface area contributed by atoms with Crippen molar-refractivity contribution in [2.75, 3.05) is 28.6 Å². The molecule has 0 bridgehead atoms. The number of urea groups is 1. The second kappa shape index (κ2) is 7.39. The molecule has 0 unspecified atom stereocenters. The highest BCUT2D eigenvalue weighted by Gasteiger charge is 2.13. The van der Waals surface area contributed by atoms with Crippen LogP contribution in [0.3, 0.4) is 0 Å². The van der Waals surface area contributed by atoms with Crippen LogP contribution in [0.4, 0.5) is 22.1 Å². The summed E-state index contributed by atoms with van der Waals surface area (Å²) in [5.74, 6) is 0.727. The molecule has 2 heterocycles. The number of aromatic nitrogens is 2. The van der Waals surface area contributed by atoms with Crippen molar-refractivity contribution < 1.29 is 4.79 Å². The Kier molecular flexibility index (Phi) is 4.64. The van der Waals surface area contributed by atoms with Crippen LogP contribution in [0.15, 0.2) is 54.9 Å². The van der Waals surface area contributed by atoms with Crippen molar-refractivity contribution in [3.05, 3.63) is 54.9 Å². The topological polar surface area (TPSA) is 70.2 Å². The van der Waals surface area contributed by atoms with Gasteiger partial charge in [-0.3, -0.25) is 0 Å². The summed E-state index contributed by atoms with van der Waals surface area (Å²) in [6.45, 7) is 1.99. The molecular formula is C20H21N5O. The molecule has 2 aromatic carbocycles. The highest BCUT2D eigenvalue weighted by Crippen LogP contribution is 2.19. The SMILES string of the molecule is O=C(Nc1cnc(N2CCCCC2)nc1)Nc1ccc2ccccc2c1. The molecular weight excluding hydrogens is 326 g/mol. The highest BCUT2D eigenvalue weighted by atomic mass is 16.2. The van der Waals surface area contributed by atoms with Gasteiger partial charge >= 0.3 is 6.03 Å². The molecule has 1 aliphatic rings. The summed E-state index contributed by atoms with van der Waals surface area (Å²) in [6.07, 6.45) is 6.92. The average molecular weight is 347 g/mol. The normalized spacial score (nSPS) is 14.2. The van der Waals surface area contributed by atoms with Crippen LogP contribution < -0.4 is 15.5 Å². The fraction of sp³-hybridized carbons (Fsp3) is 0.250. The molecule has 2 amide bonds. The third-order valence-corrected chi connectivity index (χ3v) is 4.54. The molecule has 2 N–H and O–H groups in total. The largest absolute Gasteiger partial charge is 0.341 e. The van der Waals surface area contributed by atoms with Gasteiger partial charge in [-0.1, -0.05) is 30.3 Å². The van der Waals surface area contributed by atoms with Gasteiger partial charge in [0.05, 0.1) is 18.1 Å². The van der Waals surface area contributed by atoms with E-state index in [1.807, 2.05) is 42.5 Å². The quantitative estimate of drug-likeness (QED) is 0.742. The Hall–Kier alpha value is -3.15. The Morgan fingerprint density at radius 2 is 1.54 bits per heavy atom. The lowest BCUT2D eigenvalue weighted by atomic mass is 10.1. The van der Waals surface area contributed by atoms with E-state index in [4.69, 9.17) is 0 Å². The fourth-order valence-electron chi connectivity index (χ4n) is 3.20. The first-order valence-corrected chi connectivity index (χ1v) is 8.92. The van der Waals surface area contributed by atoms with Gasteiger partial charge in [-0.05, 0) is 42.2 Å². The van der Waals surface area contributed by atoms with E-state index < -0.39 is 0 Å². The number of hydrogen-bond donors (Lipinski definition) is 2. The number of rotatable bonds is 3. The second-order valence-electron chi connectivity index (χ2n) is 6.46. The molecule has 0 saturated carbocycles. The fourth-order valence-corrected chi connectivity index (χ4v) is 3.20. The lowest BCUT2D eigenvalue weighted by Gasteiger charge is -2.26. The molecule has 0 radical (unpaired) electrons. The van der Waals surface area contributed by atoms with Crippen LogP contribution in [0.1, 0.15) is 19.3 Å². The number of fused-ring (bicyclic) bond motifs is 1. The number of hydrogen-bond acceptors (Lipinski definition) is 4. The standard InChI is InChI=1S/C20H21N5O/c26-20(23-17-9-8-15-6-2-3-7-16(15)12-17)24-18-13-21-19(22-14-18)25-10-4-1-5-11-25/h2-3,6-9,12-14H,1,4-5,10-11H2,(H2,23,24,26). The van der Waals surface area contributed by atoms with Crippen LogP contribution in [-0.2, 0) is 0 Å². The van der Waals surface area contributed by atoms with Crippen molar-refractivity contribution in [3.63, 3.8) is 0 Å². The van der Waals surface area contributed by atoms with Gasteiger partial charge in [0.25, 0.3) is 0 Å². The van der Waals surface area contributed by atoms with E-state index in [0.29, 0.717) is 5.69 Å². The van der Waals surface area contributed by atoms with Crippen LogP contribution in [0.25, 0.3) is 10.8 Å². The summed E-state index contributed by atoms with van der Waals surface area (Å²) in [5.41, 5.74) is 1.32. The number of anilines is 3. The summed E-state index contributed by atoms with van der Waals surface area (Å²) in [6, 6.07) is 13.5. The van der Waals surface area contributed by atoms with Crippen molar-refractivity contribution in [2.45, 2.75) is 19.3 Å². The molecule has 3 aromatic rings. The zero-order chi connectivity index (χ0) is 17.8. The Morgan fingerprint density at radius 1 is 0.846 bits per heavy atom. The van der Waals surface area contributed by atoms with E-state index in [1.165, 1.54) is 19.3 Å². The molecule has 1 saturated heterocycles. The molecule has 132 valence electrons.